The molecule has 4 rings (SSSR count). The number of nitrogens with zero attached hydrogens (tertiary/aromatic N) is 3. The predicted octanol–water partition coefficient (Wildman–Crippen LogP) is 4.08. The van der Waals surface area contributed by atoms with Crippen LogP contribution in [0.25, 0.3) is 10.8 Å². The Balaban J connectivity index is 1.43. The van der Waals surface area contributed by atoms with Crippen molar-refractivity contribution in [2.45, 2.75) is 13.1 Å². The molecule has 7 heteroatoms. The molecule has 0 bridgehead atoms. The fourth-order valence-electron chi connectivity index (χ4n) is 4.22. The van der Waals surface area contributed by atoms with E-state index in [9.17, 15) is 10.1 Å². The topological polar surface area (TPSA) is 68.1 Å². The SMILES string of the molecule is COc1cc(CN2CCN(Cc3cccc4ccccc34)CC2)c([N+](=O)[O-])cc1OC. The van der Waals surface area contributed by atoms with Crippen LogP contribution in [0.1, 0.15) is 11.1 Å². The van der Waals surface area contributed by atoms with Crippen LogP contribution in [-0.4, -0.2) is 55.1 Å². The summed E-state index contributed by atoms with van der Waals surface area (Å²) in [5.41, 5.74) is 2.04. The average Bonchev–Trinajstić information content (AvgIpc) is 2.80. The zero-order valence-corrected chi connectivity index (χ0v) is 17.9. The molecule has 0 atom stereocenters. The van der Waals surface area contributed by atoms with Crippen molar-refractivity contribution in [3.05, 3.63) is 75.8 Å². The number of benzene rings is 3. The molecule has 1 aliphatic rings. The molecule has 162 valence electrons. The highest BCUT2D eigenvalue weighted by atomic mass is 16.6. The van der Waals surface area contributed by atoms with Crippen LogP contribution in [-0.2, 0) is 13.1 Å². The van der Waals surface area contributed by atoms with Crippen molar-refractivity contribution in [3.8, 4) is 11.5 Å². The summed E-state index contributed by atoms with van der Waals surface area (Å²) in [6.07, 6.45) is 0. The number of methoxy groups -OCH3 is 2. The zero-order valence-electron chi connectivity index (χ0n) is 17.9. The van der Waals surface area contributed by atoms with E-state index < -0.39 is 0 Å². The molecule has 1 aliphatic heterocycles. The third-order valence-corrected chi connectivity index (χ3v) is 5.91. The molecule has 31 heavy (non-hydrogen) atoms. The summed E-state index contributed by atoms with van der Waals surface area (Å²) in [6, 6.07) is 18.1. The summed E-state index contributed by atoms with van der Waals surface area (Å²) in [5, 5.41) is 14.1. The van der Waals surface area contributed by atoms with Gasteiger partial charge in [-0.05, 0) is 22.4 Å². The Morgan fingerprint density at radius 3 is 2.06 bits per heavy atom. The Morgan fingerprint density at radius 1 is 0.839 bits per heavy atom. The van der Waals surface area contributed by atoms with E-state index >= 15 is 0 Å². The molecule has 0 aromatic heterocycles. The van der Waals surface area contributed by atoms with E-state index in [1.807, 2.05) is 0 Å². The lowest BCUT2D eigenvalue weighted by molar-refractivity contribution is -0.385. The third-order valence-electron chi connectivity index (χ3n) is 5.91. The van der Waals surface area contributed by atoms with Gasteiger partial charge in [0.15, 0.2) is 11.5 Å². The molecule has 1 fully saturated rings. The zero-order chi connectivity index (χ0) is 21.8. The highest BCUT2D eigenvalue weighted by molar-refractivity contribution is 5.85. The molecule has 3 aromatic rings. The van der Waals surface area contributed by atoms with Crippen molar-refractivity contribution in [3.63, 3.8) is 0 Å². The first-order valence-corrected chi connectivity index (χ1v) is 10.4. The van der Waals surface area contributed by atoms with Gasteiger partial charge in [-0.25, -0.2) is 0 Å². The van der Waals surface area contributed by atoms with E-state index in [0.717, 1.165) is 32.7 Å². The van der Waals surface area contributed by atoms with E-state index in [4.69, 9.17) is 9.47 Å². The minimum Gasteiger partial charge on any atom is -0.493 e. The van der Waals surface area contributed by atoms with Gasteiger partial charge in [-0.1, -0.05) is 42.5 Å². The summed E-state index contributed by atoms with van der Waals surface area (Å²) in [7, 11) is 3.02. The van der Waals surface area contributed by atoms with Gasteiger partial charge in [-0.15, -0.1) is 0 Å². The quantitative estimate of drug-likeness (QED) is 0.423. The molecule has 0 radical (unpaired) electrons. The lowest BCUT2D eigenvalue weighted by atomic mass is 10.0. The molecular weight excluding hydrogens is 394 g/mol. The van der Waals surface area contributed by atoms with Crippen LogP contribution in [0.15, 0.2) is 54.6 Å². The minimum absolute atomic E-state index is 0.0656. The van der Waals surface area contributed by atoms with Crippen molar-refractivity contribution in [1.29, 1.82) is 0 Å². The second-order valence-corrected chi connectivity index (χ2v) is 7.78. The Morgan fingerprint density at radius 2 is 1.42 bits per heavy atom. The second kappa shape index (κ2) is 9.32. The number of nitro groups is 1. The first-order valence-electron chi connectivity index (χ1n) is 10.4. The first kappa shape index (κ1) is 21.1. The van der Waals surface area contributed by atoms with Gasteiger partial charge in [0.1, 0.15) is 0 Å². The van der Waals surface area contributed by atoms with Gasteiger partial charge in [0, 0.05) is 44.8 Å². The third kappa shape index (κ3) is 4.62. The Labute approximate surface area is 181 Å². The number of fused-ring (bicyclic) bond motifs is 1. The molecule has 0 unspecified atom stereocenters. The van der Waals surface area contributed by atoms with E-state index in [2.05, 4.69) is 52.3 Å². The highest BCUT2D eigenvalue weighted by Gasteiger charge is 2.24. The van der Waals surface area contributed by atoms with Crippen molar-refractivity contribution in [2.24, 2.45) is 0 Å². The molecule has 0 spiro atoms. The van der Waals surface area contributed by atoms with Crippen molar-refractivity contribution < 1.29 is 14.4 Å². The van der Waals surface area contributed by atoms with Crippen LogP contribution >= 0.6 is 0 Å². The number of rotatable bonds is 7. The van der Waals surface area contributed by atoms with Crippen LogP contribution in [0.4, 0.5) is 5.69 Å². The second-order valence-electron chi connectivity index (χ2n) is 7.78. The van der Waals surface area contributed by atoms with Crippen LogP contribution in [0.5, 0.6) is 11.5 Å². The van der Waals surface area contributed by atoms with Gasteiger partial charge in [0.25, 0.3) is 5.69 Å². The van der Waals surface area contributed by atoms with Crippen LogP contribution in [0.2, 0.25) is 0 Å². The number of hydrogen-bond donors (Lipinski definition) is 0. The molecule has 7 nitrogen and oxygen atoms in total. The summed E-state index contributed by atoms with van der Waals surface area (Å²) < 4.78 is 10.6. The monoisotopic (exact) mass is 421 g/mol. The molecule has 0 saturated carbocycles. The number of hydrogen-bond acceptors (Lipinski definition) is 6. The highest BCUT2D eigenvalue weighted by Crippen LogP contribution is 2.35. The van der Waals surface area contributed by atoms with E-state index in [-0.39, 0.29) is 10.6 Å². The maximum absolute atomic E-state index is 11.6. The normalized spacial score (nSPS) is 15.2. The van der Waals surface area contributed by atoms with Gasteiger partial charge in [-0.3, -0.25) is 19.9 Å². The van der Waals surface area contributed by atoms with Crippen molar-refractivity contribution in [2.75, 3.05) is 40.4 Å². The lowest BCUT2D eigenvalue weighted by Gasteiger charge is -2.35. The standard InChI is InChI=1S/C24H27N3O4/c1-30-23-14-20(22(27(28)29)15-24(23)31-2)17-26-12-10-25(11-13-26)16-19-8-5-7-18-6-3-4-9-21(18)19/h3-9,14-15H,10-13,16-17H2,1-2H3. The van der Waals surface area contributed by atoms with Gasteiger partial charge in [0.2, 0.25) is 0 Å². The van der Waals surface area contributed by atoms with Gasteiger partial charge < -0.3 is 9.47 Å². The smallest absolute Gasteiger partial charge is 0.277 e. The molecule has 0 aliphatic carbocycles. The van der Waals surface area contributed by atoms with Gasteiger partial charge in [0.05, 0.1) is 25.2 Å². The van der Waals surface area contributed by atoms with E-state index in [0.29, 0.717) is 23.6 Å². The maximum atomic E-state index is 11.6. The summed E-state index contributed by atoms with van der Waals surface area (Å²) in [6.45, 7) is 4.98. The predicted molar refractivity (Wildman–Crippen MR) is 121 cm³/mol. The fourth-order valence-corrected chi connectivity index (χ4v) is 4.22. The Bertz CT molecular complexity index is 1070. The Hall–Kier alpha value is -3.16. The van der Waals surface area contributed by atoms with Crippen molar-refractivity contribution in [1.82, 2.24) is 9.80 Å². The lowest BCUT2D eigenvalue weighted by Crippen LogP contribution is -2.45. The van der Waals surface area contributed by atoms with Crippen LogP contribution in [0, 0.1) is 10.1 Å². The number of nitro benzene ring substituents is 1. The van der Waals surface area contributed by atoms with Crippen LogP contribution in [0.3, 0.4) is 0 Å². The molecule has 0 N–H and O–H groups in total. The summed E-state index contributed by atoms with van der Waals surface area (Å²) >= 11 is 0. The van der Waals surface area contributed by atoms with Gasteiger partial charge >= 0.3 is 0 Å². The average molecular weight is 421 g/mol. The number of piperazine rings is 1. The summed E-state index contributed by atoms with van der Waals surface area (Å²) in [5.74, 6) is 0.885. The van der Waals surface area contributed by atoms with Crippen LogP contribution < -0.4 is 9.47 Å². The summed E-state index contributed by atoms with van der Waals surface area (Å²) in [4.78, 5) is 15.9. The minimum atomic E-state index is -0.353. The maximum Gasteiger partial charge on any atom is 0.277 e. The fraction of sp³-hybridized carbons (Fsp3) is 0.333. The largest absolute Gasteiger partial charge is 0.493 e. The molecule has 1 heterocycles. The van der Waals surface area contributed by atoms with E-state index in [1.165, 1.54) is 29.5 Å². The molecule has 1 saturated heterocycles. The number of ether oxygens (including phenoxy) is 2. The Kier molecular flexibility index (Phi) is 6.34. The molecule has 0 amide bonds. The molecular formula is C24H27N3O4. The molecule has 3 aromatic carbocycles. The first-order chi connectivity index (χ1) is 15.1. The van der Waals surface area contributed by atoms with Gasteiger partial charge in [-0.2, -0.15) is 0 Å². The van der Waals surface area contributed by atoms with E-state index in [1.54, 1.807) is 13.2 Å². The van der Waals surface area contributed by atoms with Crippen molar-refractivity contribution >= 4 is 16.5 Å².